The van der Waals surface area contributed by atoms with Crippen LogP contribution in [-0.2, 0) is 19.9 Å². The lowest BCUT2D eigenvalue weighted by molar-refractivity contribution is -0.127. The number of carbonyl (C=O) groups is 1. The maximum Gasteiger partial charge on any atom is 0.239 e. The molecule has 1 fully saturated rings. The van der Waals surface area contributed by atoms with Gasteiger partial charge in [0.1, 0.15) is 17.3 Å². The molecule has 0 saturated carbocycles. The molecule has 1 aromatic heterocycles. The van der Waals surface area contributed by atoms with Crippen LogP contribution in [0.4, 0.5) is 0 Å². The number of aromatic nitrogens is 2. The molecule has 2 rings (SSSR count). The van der Waals surface area contributed by atoms with Crippen molar-refractivity contribution in [2.24, 2.45) is 0 Å². The van der Waals surface area contributed by atoms with Gasteiger partial charge in [0.05, 0.1) is 13.2 Å². The number of carbonyl (C=O) groups excluding carboxylic acids is 1. The van der Waals surface area contributed by atoms with Crippen LogP contribution in [0, 0.1) is 0 Å². The van der Waals surface area contributed by atoms with Crippen LogP contribution < -0.4 is 0 Å². The van der Waals surface area contributed by atoms with Gasteiger partial charge in [0.2, 0.25) is 11.7 Å². The van der Waals surface area contributed by atoms with Gasteiger partial charge in [-0.05, 0) is 12.8 Å². The first kappa shape index (κ1) is 14.1. The van der Waals surface area contributed by atoms with Crippen molar-refractivity contribution in [3.8, 4) is 0 Å². The fourth-order valence-electron chi connectivity index (χ4n) is 2.36. The summed E-state index contributed by atoms with van der Waals surface area (Å²) in [5, 5.41) is 3.99. The highest BCUT2D eigenvalue weighted by atomic mass is 16.5. The van der Waals surface area contributed by atoms with Gasteiger partial charge in [-0.3, -0.25) is 4.79 Å². The van der Waals surface area contributed by atoms with Gasteiger partial charge >= 0.3 is 0 Å². The number of hydrogen-bond acceptors (Lipinski definition) is 6. The minimum atomic E-state index is -0.541. The lowest BCUT2D eigenvalue weighted by atomic mass is 9.96. The van der Waals surface area contributed by atoms with Crippen LogP contribution in [0.25, 0.3) is 0 Å². The minimum absolute atomic E-state index is 0.0949. The van der Waals surface area contributed by atoms with E-state index in [4.69, 9.17) is 14.0 Å². The number of methoxy groups -OCH3 is 1. The molecule has 19 heavy (non-hydrogen) atoms. The average Bonchev–Trinajstić information content (AvgIpc) is 2.92. The Morgan fingerprint density at radius 2 is 2.16 bits per heavy atom. The van der Waals surface area contributed by atoms with Gasteiger partial charge in [-0.15, -0.1) is 0 Å². The molecular formula is C13H20N2O4. The smallest absolute Gasteiger partial charge is 0.239 e. The highest BCUT2D eigenvalue weighted by Gasteiger charge is 2.36. The minimum Gasteiger partial charge on any atom is -0.380 e. The van der Waals surface area contributed by atoms with Crippen molar-refractivity contribution in [3.63, 3.8) is 0 Å². The second-order valence-corrected chi connectivity index (χ2v) is 4.71. The van der Waals surface area contributed by atoms with Crippen LogP contribution in [0.15, 0.2) is 4.52 Å². The monoisotopic (exact) mass is 268 g/mol. The highest BCUT2D eigenvalue weighted by Crippen LogP contribution is 2.31. The van der Waals surface area contributed by atoms with Gasteiger partial charge in [-0.1, -0.05) is 19.0 Å². The number of ether oxygens (including phenoxy) is 2. The Bertz CT molecular complexity index is 431. The zero-order valence-electron chi connectivity index (χ0n) is 11.6. The molecule has 0 N–H and O–H groups in total. The average molecular weight is 268 g/mol. The van der Waals surface area contributed by atoms with E-state index in [1.165, 1.54) is 0 Å². The van der Waals surface area contributed by atoms with Crippen molar-refractivity contribution in [3.05, 3.63) is 11.7 Å². The molecule has 2 heterocycles. The first-order valence-electron chi connectivity index (χ1n) is 6.66. The van der Waals surface area contributed by atoms with Crippen molar-refractivity contribution in [2.45, 2.75) is 44.6 Å². The van der Waals surface area contributed by atoms with Crippen molar-refractivity contribution in [1.82, 2.24) is 10.1 Å². The van der Waals surface area contributed by atoms with E-state index in [9.17, 15) is 4.79 Å². The molecule has 1 atom stereocenters. The van der Waals surface area contributed by atoms with E-state index in [1.807, 2.05) is 13.8 Å². The number of nitrogens with zero attached hydrogens (tertiary/aromatic N) is 2. The number of hydrogen-bond donors (Lipinski definition) is 0. The first-order chi connectivity index (χ1) is 9.16. The van der Waals surface area contributed by atoms with E-state index in [1.54, 1.807) is 7.11 Å². The zero-order chi connectivity index (χ0) is 13.9. The maximum atomic E-state index is 11.8. The van der Waals surface area contributed by atoms with Crippen LogP contribution in [0.5, 0.6) is 0 Å². The van der Waals surface area contributed by atoms with E-state index in [2.05, 4.69) is 10.1 Å². The van der Waals surface area contributed by atoms with Crippen LogP contribution in [0.3, 0.4) is 0 Å². The molecule has 1 aliphatic rings. The van der Waals surface area contributed by atoms with Crippen LogP contribution in [0.2, 0.25) is 0 Å². The lowest BCUT2D eigenvalue weighted by Gasteiger charge is -2.26. The molecule has 0 aliphatic carbocycles. The second kappa shape index (κ2) is 5.79. The predicted molar refractivity (Wildman–Crippen MR) is 66.8 cm³/mol. The highest BCUT2D eigenvalue weighted by molar-refractivity contribution is 5.85. The molecule has 1 unspecified atom stereocenters. The second-order valence-electron chi connectivity index (χ2n) is 4.71. The number of ketones is 1. The Kier molecular flexibility index (Phi) is 4.31. The molecular weight excluding hydrogens is 248 g/mol. The summed E-state index contributed by atoms with van der Waals surface area (Å²) in [5.74, 6) is 0.507. The fourth-order valence-corrected chi connectivity index (χ4v) is 2.36. The van der Waals surface area contributed by atoms with Crippen molar-refractivity contribution < 1.29 is 18.8 Å². The molecule has 1 aromatic rings. The molecule has 1 saturated heterocycles. The van der Waals surface area contributed by atoms with Gasteiger partial charge in [0.15, 0.2) is 0 Å². The molecule has 0 amide bonds. The molecule has 0 spiro atoms. The Hall–Kier alpha value is -1.27. The Labute approximate surface area is 112 Å². The molecule has 1 aliphatic heterocycles. The summed E-state index contributed by atoms with van der Waals surface area (Å²) >= 11 is 0. The number of Topliss-reactive ketones (excluding diaryl/α,β-unsaturated/α-hetero) is 1. The molecule has 0 aromatic carbocycles. The van der Waals surface area contributed by atoms with Gasteiger partial charge in [-0.2, -0.15) is 4.98 Å². The summed E-state index contributed by atoms with van der Waals surface area (Å²) in [6.07, 6.45) is 1.89. The Morgan fingerprint density at radius 3 is 2.74 bits per heavy atom. The summed E-state index contributed by atoms with van der Waals surface area (Å²) < 4.78 is 16.1. The van der Waals surface area contributed by atoms with E-state index < -0.39 is 11.5 Å². The topological polar surface area (TPSA) is 74.5 Å². The van der Waals surface area contributed by atoms with Crippen molar-refractivity contribution in [1.29, 1.82) is 0 Å². The maximum absolute atomic E-state index is 11.8. The van der Waals surface area contributed by atoms with Crippen LogP contribution in [-0.4, -0.2) is 36.2 Å². The van der Waals surface area contributed by atoms with E-state index in [-0.39, 0.29) is 5.78 Å². The summed E-state index contributed by atoms with van der Waals surface area (Å²) in [5.41, 5.74) is -0.541. The molecule has 6 nitrogen and oxygen atoms in total. The van der Waals surface area contributed by atoms with Crippen molar-refractivity contribution in [2.75, 3.05) is 20.3 Å². The van der Waals surface area contributed by atoms with Gasteiger partial charge in [-0.25, -0.2) is 0 Å². The van der Waals surface area contributed by atoms with Gasteiger partial charge < -0.3 is 14.0 Å². The number of rotatable bonds is 5. The summed E-state index contributed by atoms with van der Waals surface area (Å²) in [4.78, 5) is 16.2. The Balaban J connectivity index is 2.25. The fraction of sp³-hybridized carbons (Fsp3) is 0.769. The third-order valence-electron chi connectivity index (χ3n) is 3.85. The predicted octanol–water partition coefficient (Wildman–Crippen LogP) is 1.80. The van der Waals surface area contributed by atoms with E-state index >= 15 is 0 Å². The standard InChI is InChI=1S/C13H20N2O4/c1-4-13(5-2,17-3)12-14-11(19-15-12)9-8-18-7-6-10(9)16/h9H,4-8H2,1-3H3. The van der Waals surface area contributed by atoms with Gasteiger partial charge in [0.25, 0.3) is 0 Å². The quantitative estimate of drug-likeness (QED) is 0.810. The molecule has 0 bridgehead atoms. The molecule has 106 valence electrons. The largest absolute Gasteiger partial charge is 0.380 e. The zero-order valence-corrected chi connectivity index (χ0v) is 11.6. The normalized spacial score (nSPS) is 20.8. The summed E-state index contributed by atoms with van der Waals surface area (Å²) in [7, 11) is 1.64. The molecule has 6 heteroatoms. The van der Waals surface area contributed by atoms with E-state index in [0.717, 1.165) is 12.8 Å². The van der Waals surface area contributed by atoms with Crippen LogP contribution in [0.1, 0.15) is 50.7 Å². The molecule has 0 radical (unpaired) electrons. The third kappa shape index (κ3) is 2.55. The summed E-state index contributed by atoms with van der Waals surface area (Å²) in [6, 6.07) is 0. The third-order valence-corrected chi connectivity index (χ3v) is 3.85. The SMILES string of the molecule is CCC(CC)(OC)c1noc(C2COCCC2=O)n1. The Morgan fingerprint density at radius 1 is 1.42 bits per heavy atom. The lowest BCUT2D eigenvalue weighted by Crippen LogP contribution is -2.29. The van der Waals surface area contributed by atoms with Crippen molar-refractivity contribution >= 4 is 5.78 Å². The first-order valence-corrected chi connectivity index (χ1v) is 6.66. The van der Waals surface area contributed by atoms with Gasteiger partial charge in [0, 0.05) is 13.5 Å². The van der Waals surface area contributed by atoms with Crippen LogP contribution >= 0.6 is 0 Å². The summed E-state index contributed by atoms with van der Waals surface area (Å²) in [6.45, 7) is 4.82. The van der Waals surface area contributed by atoms with E-state index in [0.29, 0.717) is 31.3 Å².